The lowest BCUT2D eigenvalue weighted by Crippen LogP contribution is -2.29. The van der Waals surface area contributed by atoms with Crippen molar-refractivity contribution >= 4 is 15.9 Å². The number of benzene rings is 2. The Labute approximate surface area is 184 Å². The number of hydrogen-bond donors (Lipinski definition) is 2. The molecule has 0 unspecified atom stereocenters. The number of aromatic nitrogens is 1. The van der Waals surface area contributed by atoms with E-state index in [0.29, 0.717) is 23.3 Å². The van der Waals surface area contributed by atoms with E-state index < -0.39 is 27.9 Å². The number of nitrogens with zero attached hydrogens (tertiary/aromatic N) is 1. The number of carbonyl (C=O) groups excluding carboxylic acids is 1. The van der Waals surface area contributed by atoms with Crippen LogP contribution in [0.5, 0.6) is 5.75 Å². The molecule has 2 aromatic carbocycles. The molecule has 32 heavy (non-hydrogen) atoms. The van der Waals surface area contributed by atoms with Crippen LogP contribution in [0.1, 0.15) is 27.7 Å². The van der Waals surface area contributed by atoms with Crippen LogP contribution in [0.4, 0.5) is 4.39 Å². The highest BCUT2D eigenvalue weighted by Gasteiger charge is 2.30. The quantitative estimate of drug-likeness (QED) is 0.612. The largest absolute Gasteiger partial charge is 0.493 e. The summed E-state index contributed by atoms with van der Waals surface area (Å²) in [5.41, 5.74) is 2.10. The molecule has 0 spiro atoms. The van der Waals surface area contributed by atoms with E-state index in [4.69, 9.17) is 4.74 Å². The zero-order valence-electron chi connectivity index (χ0n) is 17.2. The van der Waals surface area contributed by atoms with Crippen LogP contribution in [0.3, 0.4) is 0 Å². The second-order valence-corrected chi connectivity index (χ2v) is 9.44. The third-order valence-corrected chi connectivity index (χ3v) is 5.80. The molecule has 0 saturated heterocycles. The summed E-state index contributed by atoms with van der Waals surface area (Å²) >= 11 is 0. The highest BCUT2D eigenvalue weighted by molar-refractivity contribution is 7.89. The number of nitrogens with one attached hydrogen (secondary N) is 1. The lowest BCUT2D eigenvalue weighted by molar-refractivity contribution is 0.0503. The van der Waals surface area contributed by atoms with Crippen molar-refractivity contribution in [2.75, 3.05) is 12.9 Å². The van der Waals surface area contributed by atoms with Crippen LogP contribution in [-0.2, 0) is 16.4 Å². The molecule has 0 saturated carbocycles. The first-order valence-corrected chi connectivity index (χ1v) is 11.8. The van der Waals surface area contributed by atoms with Gasteiger partial charge in [0, 0.05) is 28.9 Å². The van der Waals surface area contributed by atoms with Gasteiger partial charge in [-0.05, 0) is 53.9 Å². The van der Waals surface area contributed by atoms with Gasteiger partial charge in [0.25, 0.3) is 5.91 Å². The number of carbonyl (C=O) groups is 1. The van der Waals surface area contributed by atoms with Crippen LogP contribution in [0.2, 0.25) is 0 Å². The minimum atomic E-state index is -3.79. The van der Waals surface area contributed by atoms with Gasteiger partial charge < -0.3 is 9.84 Å². The van der Waals surface area contributed by atoms with Gasteiger partial charge >= 0.3 is 0 Å². The standard InChI is InChI=1S/C23H21FN2O5S/c1-32(29,30)26-23(28)18-8-6-16(24)12-20(18)14-5-7-19-21(11-14)31-13-15(22(19)27)10-17-4-2-3-9-25-17/h2-9,11-12,15,22,27H,10,13H2,1H3,(H,26,28)/t15-,22+/m0/s1. The molecule has 9 heteroatoms. The number of pyridine rings is 1. The first-order chi connectivity index (χ1) is 15.2. The number of ether oxygens (including phenoxy) is 1. The molecule has 1 aliphatic rings. The van der Waals surface area contributed by atoms with E-state index in [2.05, 4.69) is 4.98 Å². The number of halogens is 1. The molecule has 0 bridgehead atoms. The topological polar surface area (TPSA) is 106 Å². The monoisotopic (exact) mass is 456 g/mol. The van der Waals surface area contributed by atoms with Gasteiger partial charge in [0.2, 0.25) is 10.0 Å². The molecule has 0 aliphatic carbocycles. The molecular weight excluding hydrogens is 435 g/mol. The van der Waals surface area contributed by atoms with E-state index >= 15 is 0 Å². The van der Waals surface area contributed by atoms with Crippen LogP contribution >= 0.6 is 0 Å². The van der Waals surface area contributed by atoms with Gasteiger partial charge in [-0.1, -0.05) is 18.2 Å². The lowest BCUT2D eigenvalue weighted by Gasteiger charge is -2.30. The van der Waals surface area contributed by atoms with Gasteiger partial charge in [-0.15, -0.1) is 0 Å². The average Bonchev–Trinajstić information content (AvgIpc) is 2.75. The number of aliphatic hydroxyl groups excluding tert-OH is 1. The van der Waals surface area contributed by atoms with Crippen LogP contribution in [-0.4, -0.2) is 37.3 Å². The molecule has 3 aromatic rings. The van der Waals surface area contributed by atoms with Gasteiger partial charge in [-0.25, -0.2) is 17.5 Å². The number of hydrogen-bond acceptors (Lipinski definition) is 6. The van der Waals surface area contributed by atoms with Crippen LogP contribution < -0.4 is 9.46 Å². The summed E-state index contributed by atoms with van der Waals surface area (Å²) in [5.74, 6) is -1.21. The molecule has 1 aromatic heterocycles. The zero-order chi connectivity index (χ0) is 22.9. The Kier molecular flexibility index (Phi) is 5.94. The molecule has 0 fully saturated rings. The third kappa shape index (κ3) is 4.79. The van der Waals surface area contributed by atoms with Crippen molar-refractivity contribution in [3.05, 3.63) is 83.4 Å². The maximum Gasteiger partial charge on any atom is 0.265 e. The van der Waals surface area contributed by atoms with Gasteiger partial charge in [0.15, 0.2) is 0 Å². The fourth-order valence-electron chi connectivity index (χ4n) is 3.75. The average molecular weight is 456 g/mol. The zero-order valence-corrected chi connectivity index (χ0v) is 18.0. The smallest absolute Gasteiger partial charge is 0.265 e. The predicted molar refractivity (Wildman–Crippen MR) is 116 cm³/mol. The van der Waals surface area contributed by atoms with Gasteiger partial charge in [-0.2, -0.15) is 0 Å². The summed E-state index contributed by atoms with van der Waals surface area (Å²) in [5, 5.41) is 10.9. The van der Waals surface area contributed by atoms with Crippen LogP contribution in [0.25, 0.3) is 11.1 Å². The summed E-state index contributed by atoms with van der Waals surface area (Å²) in [6, 6.07) is 14.0. The maximum absolute atomic E-state index is 14.0. The van der Waals surface area contributed by atoms with Crippen molar-refractivity contribution in [1.29, 1.82) is 0 Å². The SMILES string of the molecule is CS(=O)(=O)NC(=O)c1ccc(F)cc1-c1ccc2c(c1)OC[C@H](Cc1ccccn1)[C@H]2O. The van der Waals surface area contributed by atoms with Gasteiger partial charge in [0.05, 0.1) is 19.0 Å². The fourth-order valence-corrected chi connectivity index (χ4v) is 4.19. The van der Waals surface area contributed by atoms with E-state index in [9.17, 15) is 22.7 Å². The van der Waals surface area contributed by atoms with E-state index in [1.165, 1.54) is 6.07 Å². The second kappa shape index (κ2) is 8.68. The maximum atomic E-state index is 14.0. The number of rotatable bonds is 5. The number of fused-ring (bicyclic) bond motifs is 1. The Morgan fingerprint density at radius 1 is 1.22 bits per heavy atom. The Hall–Kier alpha value is -3.30. The summed E-state index contributed by atoms with van der Waals surface area (Å²) in [6.07, 6.45) is 2.32. The van der Waals surface area contributed by atoms with E-state index in [0.717, 1.165) is 24.1 Å². The highest BCUT2D eigenvalue weighted by atomic mass is 32.2. The minimum Gasteiger partial charge on any atom is -0.493 e. The Morgan fingerprint density at radius 2 is 2.03 bits per heavy atom. The molecular formula is C23H21FN2O5S. The lowest BCUT2D eigenvalue weighted by atomic mass is 9.88. The normalized spacial score (nSPS) is 17.8. The Balaban J connectivity index is 1.65. The first kappa shape index (κ1) is 21.9. The third-order valence-electron chi connectivity index (χ3n) is 5.24. The molecule has 2 N–H and O–H groups in total. The van der Waals surface area contributed by atoms with Gasteiger partial charge in [-0.3, -0.25) is 9.78 Å². The number of amides is 1. The molecule has 1 aliphatic heterocycles. The van der Waals surface area contributed by atoms with Crippen LogP contribution in [0.15, 0.2) is 60.8 Å². The summed E-state index contributed by atoms with van der Waals surface area (Å²) in [6.45, 7) is 0.263. The molecule has 2 heterocycles. The van der Waals surface area contributed by atoms with E-state index in [-0.39, 0.29) is 23.7 Å². The minimum absolute atomic E-state index is 0.00108. The van der Waals surface area contributed by atoms with Crippen molar-refractivity contribution < 1.29 is 27.4 Å². The number of sulfonamides is 1. The molecule has 7 nitrogen and oxygen atoms in total. The van der Waals surface area contributed by atoms with Gasteiger partial charge in [0.1, 0.15) is 11.6 Å². The van der Waals surface area contributed by atoms with Crippen molar-refractivity contribution in [2.45, 2.75) is 12.5 Å². The van der Waals surface area contributed by atoms with Crippen molar-refractivity contribution in [3.63, 3.8) is 0 Å². The predicted octanol–water partition coefficient (Wildman–Crippen LogP) is 2.86. The Bertz CT molecular complexity index is 1260. The fraction of sp³-hybridized carbons (Fsp3) is 0.217. The molecule has 0 radical (unpaired) electrons. The van der Waals surface area contributed by atoms with Crippen molar-refractivity contribution in [1.82, 2.24) is 9.71 Å². The highest BCUT2D eigenvalue weighted by Crippen LogP contribution is 2.39. The summed E-state index contributed by atoms with van der Waals surface area (Å²) < 4.78 is 44.7. The summed E-state index contributed by atoms with van der Waals surface area (Å²) in [7, 11) is -3.79. The van der Waals surface area contributed by atoms with E-state index in [1.807, 2.05) is 22.9 Å². The van der Waals surface area contributed by atoms with Crippen molar-refractivity contribution in [3.8, 4) is 16.9 Å². The van der Waals surface area contributed by atoms with Crippen molar-refractivity contribution in [2.24, 2.45) is 5.92 Å². The molecule has 4 rings (SSSR count). The molecule has 2 atom stereocenters. The second-order valence-electron chi connectivity index (χ2n) is 7.69. The molecule has 1 amide bonds. The van der Waals surface area contributed by atoms with Crippen LogP contribution in [0, 0.1) is 11.7 Å². The molecule has 166 valence electrons. The van der Waals surface area contributed by atoms with E-state index in [1.54, 1.807) is 24.4 Å². The first-order valence-electron chi connectivity index (χ1n) is 9.88. The summed E-state index contributed by atoms with van der Waals surface area (Å²) in [4.78, 5) is 16.7. The number of aliphatic hydroxyl groups is 1. The Morgan fingerprint density at radius 3 is 2.75 bits per heavy atom.